The van der Waals surface area contributed by atoms with Crippen molar-refractivity contribution in [2.24, 2.45) is 0 Å². The van der Waals surface area contributed by atoms with E-state index in [9.17, 15) is 0 Å². The number of hydrogen-bond donors (Lipinski definition) is 0. The molecular formula is C53H50N4OSi. The lowest BCUT2D eigenvalue weighted by Gasteiger charge is -2.50. The quantitative estimate of drug-likeness (QED) is 0.157. The van der Waals surface area contributed by atoms with E-state index in [1.165, 1.54) is 60.8 Å². The van der Waals surface area contributed by atoms with Gasteiger partial charge in [-0.15, -0.1) is 0 Å². The maximum Gasteiger partial charge on any atom is 0.137 e. The number of anilines is 2. The van der Waals surface area contributed by atoms with Gasteiger partial charge in [0, 0.05) is 62.9 Å². The van der Waals surface area contributed by atoms with Crippen molar-refractivity contribution in [3.8, 4) is 39.6 Å². The van der Waals surface area contributed by atoms with Crippen LogP contribution in [0.4, 0.5) is 11.4 Å². The van der Waals surface area contributed by atoms with Gasteiger partial charge in [-0.2, -0.15) is 0 Å². The van der Waals surface area contributed by atoms with Crippen LogP contribution in [0.3, 0.4) is 0 Å². The summed E-state index contributed by atoms with van der Waals surface area (Å²) in [6.45, 7) is 17.4. The number of hydrogen-bond acceptors (Lipinski definition) is 4. The van der Waals surface area contributed by atoms with Gasteiger partial charge in [0.1, 0.15) is 17.3 Å². The largest absolute Gasteiger partial charge is 0.457 e. The topological polar surface area (TPSA) is 33.5 Å². The third kappa shape index (κ3) is 6.00. The smallest absolute Gasteiger partial charge is 0.137 e. The summed E-state index contributed by atoms with van der Waals surface area (Å²) in [6, 6.07) is 54.6. The van der Waals surface area contributed by atoms with Crippen LogP contribution in [0.5, 0.6) is 11.5 Å². The molecule has 0 bridgehead atoms. The van der Waals surface area contributed by atoms with E-state index in [1.807, 2.05) is 6.20 Å². The zero-order valence-electron chi connectivity index (χ0n) is 35.0. The molecule has 0 radical (unpaired) electrons. The van der Waals surface area contributed by atoms with E-state index >= 15 is 0 Å². The van der Waals surface area contributed by atoms with E-state index in [2.05, 4.69) is 220 Å². The minimum atomic E-state index is -2.05. The van der Waals surface area contributed by atoms with Gasteiger partial charge in [0.25, 0.3) is 0 Å². The molecule has 0 saturated carbocycles. The van der Waals surface area contributed by atoms with Crippen molar-refractivity contribution in [3.63, 3.8) is 0 Å². The highest BCUT2D eigenvalue weighted by Crippen LogP contribution is 2.55. The Morgan fingerprint density at radius 1 is 0.644 bits per heavy atom. The van der Waals surface area contributed by atoms with E-state index in [0.717, 1.165) is 28.4 Å². The summed E-state index contributed by atoms with van der Waals surface area (Å²) < 4.78 is 9.15. The molecule has 0 spiro atoms. The van der Waals surface area contributed by atoms with E-state index in [1.54, 1.807) is 0 Å². The number of nitrogens with zero attached hydrogens (tertiary/aromatic N) is 4. The van der Waals surface area contributed by atoms with Gasteiger partial charge in [0.05, 0.1) is 31.5 Å². The Morgan fingerprint density at radius 2 is 1.27 bits per heavy atom. The van der Waals surface area contributed by atoms with Crippen molar-refractivity contribution in [1.82, 2.24) is 9.55 Å². The molecule has 6 aromatic carbocycles. The second kappa shape index (κ2) is 13.6. The van der Waals surface area contributed by atoms with Crippen LogP contribution in [0.15, 0.2) is 170 Å². The van der Waals surface area contributed by atoms with Gasteiger partial charge in [-0.05, 0) is 63.7 Å². The lowest BCUT2D eigenvalue weighted by atomic mass is 9.88. The maximum atomic E-state index is 6.87. The molecule has 0 amide bonds. The molecule has 8 aromatic rings. The number of benzene rings is 6. The summed E-state index contributed by atoms with van der Waals surface area (Å²) in [7, 11) is -2.05. The van der Waals surface area contributed by atoms with E-state index in [4.69, 9.17) is 9.72 Å². The molecule has 2 aromatic heterocycles. The number of allylic oxidation sites excluding steroid dienone is 1. The van der Waals surface area contributed by atoms with Crippen LogP contribution in [0, 0.1) is 0 Å². The van der Waals surface area contributed by atoms with Crippen LogP contribution in [-0.4, -0.2) is 24.3 Å². The number of para-hydroxylation sites is 2. The molecule has 4 heterocycles. The van der Waals surface area contributed by atoms with E-state index in [0.29, 0.717) is 6.67 Å². The van der Waals surface area contributed by atoms with Gasteiger partial charge in [0.15, 0.2) is 0 Å². The molecule has 5 nitrogen and oxygen atoms in total. The Bertz CT molecular complexity index is 2880. The van der Waals surface area contributed by atoms with Crippen molar-refractivity contribution in [1.29, 1.82) is 0 Å². The third-order valence-electron chi connectivity index (χ3n) is 13.2. The summed E-state index contributed by atoms with van der Waals surface area (Å²) in [4.78, 5) is 9.94. The molecule has 0 aliphatic carbocycles. The highest BCUT2D eigenvalue weighted by atomic mass is 28.3. The van der Waals surface area contributed by atoms with Crippen LogP contribution in [0.2, 0.25) is 18.1 Å². The fraction of sp³-hybridized carbons (Fsp3) is 0.189. The average molecular weight is 787 g/mol. The molecule has 0 atom stereocenters. The number of pyridine rings is 1. The molecule has 0 N–H and O–H groups in total. The Morgan fingerprint density at radius 3 is 1.97 bits per heavy atom. The van der Waals surface area contributed by atoms with Gasteiger partial charge in [-0.3, -0.25) is 4.57 Å². The maximum absolute atomic E-state index is 6.87. The van der Waals surface area contributed by atoms with Crippen LogP contribution in [0.25, 0.3) is 49.9 Å². The summed E-state index contributed by atoms with van der Waals surface area (Å²) in [5.41, 5.74) is 12.1. The fourth-order valence-electron chi connectivity index (χ4n) is 9.27. The van der Waals surface area contributed by atoms with Crippen LogP contribution in [0.1, 0.15) is 40.2 Å². The number of fused-ring (bicyclic) bond motifs is 6. The van der Waals surface area contributed by atoms with Crippen LogP contribution in [-0.2, 0) is 5.41 Å². The summed E-state index contributed by atoms with van der Waals surface area (Å²) >= 11 is 0. The highest BCUT2D eigenvalue weighted by molar-refractivity contribution is 6.94. The Kier molecular flexibility index (Phi) is 8.52. The van der Waals surface area contributed by atoms with Gasteiger partial charge in [0.2, 0.25) is 0 Å². The molecular weight excluding hydrogens is 737 g/mol. The molecule has 59 heavy (non-hydrogen) atoms. The summed E-state index contributed by atoms with van der Waals surface area (Å²) in [5, 5.41) is 3.80. The van der Waals surface area contributed by atoms with Crippen LogP contribution >= 0.6 is 0 Å². The zero-order valence-corrected chi connectivity index (χ0v) is 36.0. The second-order valence-electron chi connectivity index (χ2n) is 18.2. The number of ether oxygens (including phenoxy) is 1. The predicted octanol–water partition coefficient (Wildman–Crippen LogP) is 13.4. The molecule has 2 aliphatic heterocycles. The first-order valence-electron chi connectivity index (χ1n) is 20.7. The molecule has 0 fully saturated rings. The normalized spacial score (nSPS) is 15.6. The number of aromatic nitrogens is 2. The first kappa shape index (κ1) is 36.9. The van der Waals surface area contributed by atoms with Gasteiger partial charge >= 0.3 is 0 Å². The first-order valence-corrected chi connectivity index (χ1v) is 23.7. The monoisotopic (exact) mass is 786 g/mol. The van der Waals surface area contributed by atoms with Gasteiger partial charge in [-0.1, -0.05) is 151 Å². The number of rotatable bonds is 6. The van der Waals surface area contributed by atoms with Crippen molar-refractivity contribution in [3.05, 3.63) is 175 Å². The van der Waals surface area contributed by atoms with Gasteiger partial charge in [-0.25, -0.2) is 4.98 Å². The predicted molar refractivity (Wildman–Crippen MR) is 250 cm³/mol. The lowest BCUT2D eigenvalue weighted by Crippen LogP contribution is -2.58. The Labute approximate surface area is 348 Å². The zero-order chi connectivity index (χ0) is 40.7. The molecule has 6 heteroatoms. The summed E-state index contributed by atoms with van der Waals surface area (Å²) in [5.74, 6) is 2.53. The molecule has 292 valence electrons. The second-order valence-corrected chi connectivity index (χ2v) is 23.2. The minimum Gasteiger partial charge on any atom is -0.457 e. The van der Waals surface area contributed by atoms with E-state index < -0.39 is 8.07 Å². The van der Waals surface area contributed by atoms with Crippen LogP contribution < -0.4 is 19.7 Å². The SMILES string of the molecule is CC(C)(C)c1ccnc(-n2c3ccccc3c3ccc(Oc4ccc5c(c4)N4CN(c6c(-c7ccccc7)cccc6-c6ccccc6)C=C4C(C)(C)[Si]5(C)C)cc32)c1. The van der Waals surface area contributed by atoms with Gasteiger partial charge < -0.3 is 14.5 Å². The van der Waals surface area contributed by atoms with Crippen molar-refractivity contribution >= 4 is 46.4 Å². The van der Waals surface area contributed by atoms with Crippen molar-refractivity contribution in [2.45, 2.75) is 58.2 Å². The lowest BCUT2D eigenvalue weighted by molar-refractivity contribution is 0.483. The standard InChI is InChI=1S/C53H50N4OSi/c1-52(2,3)38-29-30-54-50(31-38)57-45-24-15-14-21-43(45)44-27-25-39(32-46(44)57)58-40-26-28-48-47(33-40)56-35-55(34-49(56)53(4,5)59(48,6)7)51-41(36-17-10-8-11-18-36)22-16-23-42(51)37-19-12-9-13-20-37/h8-34H,35H2,1-7H3. The molecule has 10 rings (SSSR count). The molecule has 0 saturated heterocycles. The first-order chi connectivity index (χ1) is 28.4. The Balaban J connectivity index is 1.07. The minimum absolute atomic E-state index is 0.000690. The third-order valence-corrected chi connectivity index (χ3v) is 18.4. The van der Waals surface area contributed by atoms with Crippen molar-refractivity contribution < 1.29 is 4.74 Å². The Hall–Kier alpha value is -6.37. The fourth-order valence-corrected chi connectivity index (χ4v) is 12.1. The van der Waals surface area contributed by atoms with Crippen molar-refractivity contribution in [2.75, 3.05) is 16.5 Å². The molecule has 0 unspecified atom stereocenters. The highest BCUT2D eigenvalue weighted by Gasteiger charge is 2.52. The summed E-state index contributed by atoms with van der Waals surface area (Å²) in [6.07, 6.45) is 4.37. The average Bonchev–Trinajstić information content (AvgIpc) is 3.84. The molecule has 2 aliphatic rings. The van der Waals surface area contributed by atoms with E-state index in [-0.39, 0.29) is 10.5 Å².